The van der Waals surface area contributed by atoms with E-state index in [4.69, 9.17) is 0 Å². The monoisotopic (exact) mass is 377 g/mol. The smallest absolute Gasteiger partial charge is 0.00509 e. The summed E-state index contributed by atoms with van der Waals surface area (Å²) >= 11 is 0. The summed E-state index contributed by atoms with van der Waals surface area (Å²) in [5.41, 5.74) is 3.09. The zero-order valence-electron chi connectivity index (χ0n) is 14.7. The van der Waals surface area contributed by atoms with E-state index in [-0.39, 0.29) is 24.8 Å². The molecule has 0 radical (unpaired) electrons. The molecule has 0 bridgehead atoms. The van der Waals surface area contributed by atoms with Crippen LogP contribution in [0, 0.1) is 5.92 Å². The second kappa shape index (κ2) is 9.62. The molecule has 0 N–H and O–H groups in total. The van der Waals surface area contributed by atoms with Crippen LogP contribution in [0.15, 0.2) is 60.7 Å². The van der Waals surface area contributed by atoms with Crippen LogP contribution in [-0.2, 0) is 0 Å². The normalized spacial score (nSPS) is 26.0. The number of nitrogens with zero attached hydrogens (tertiary/aromatic N) is 1. The lowest BCUT2D eigenvalue weighted by atomic mass is 9.96. The first-order valence-electron chi connectivity index (χ1n) is 9.21. The van der Waals surface area contributed by atoms with Crippen molar-refractivity contribution in [1.29, 1.82) is 0 Å². The summed E-state index contributed by atoms with van der Waals surface area (Å²) < 4.78 is 0. The van der Waals surface area contributed by atoms with Gasteiger partial charge in [-0.05, 0) is 61.1 Å². The molecule has 1 aliphatic heterocycles. The third-order valence-corrected chi connectivity index (χ3v) is 5.87. The highest BCUT2D eigenvalue weighted by molar-refractivity contribution is 5.85. The number of benzene rings is 2. The van der Waals surface area contributed by atoms with E-state index in [0.29, 0.717) is 0 Å². The van der Waals surface area contributed by atoms with E-state index < -0.39 is 0 Å². The Morgan fingerprint density at radius 1 is 0.720 bits per heavy atom. The average molecular weight is 378 g/mol. The van der Waals surface area contributed by atoms with Crippen LogP contribution < -0.4 is 0 Å². The van der Waals surface area contributed by atoms with E-state index in [1.807, 2.05) is 0 Å². The van der Waals surface area contributed by atoms with Gasteiger partial charge in [0.25, 0.3) is 0 Å². The van der Waals surface area contributed by atoms with Crippen molar-refractivity contribution in [2.75, 3.05) is 19.6 Å². The van der Waals surface area contributed by atoms with E-state index in [1.165, 1.54) is 50.9 Å². The molecule has 3 heteroatoms. The highest BCUT2D eigenvalue weighted by Gasteiger charge is 2.30. The van der Waals surface area contributed by atoms with Gasteiger partial charge in [0.15, 0.2) is 0 Å². The Bertz CT molecular complexity index is 561. The van der Waals surface area contributed by atoms with Crippen LogP contribution in [0.2, 0.25) is 0 Å². The van der Waals surface area contributed by atoms with Crippen molar-refractivity contribution >= 4 is 24.8 Å². The molecule has 1 aliphatic carbocycles. The number of rotatable bonds is 4. The molecule has 2 aromatic rings. The first kappa shape index (κ1) is 20.3. The van der Waals surface area contributed by atoms with E-state index >= 15 is 0 Å². The van der Waals surface area contributed by atoms with Gasteiger partial charge in [-0.25, -0.2) is 0 Å². The second-order valence-electron chi connectivity index (χ2n) is 7.44. The summed E-state index contributed by atoms with van der Waals surface area (Å²) in [4.78, 5) is 2.72. The van der Waals surface area contributed by atoms with Crippen LogP contribution in [0.25, 0.3) is 0 Å². The zero-order valence-corrected chi connectivity index (χ0v) is 16.4. The number of likely N-dealkylation sites (tertiary alicyclic amines) is 1. The lowest BCUT2D eigenvalue weighted by Crippen LogP contribution is -2.26. The van der Waals surface area contributed by atoms with E-state index in [0.717, 1.165) is 17.8 Å². The molecule has 136 valence electrons. The molecule has 25 heavy (non-hydrogen) atoms. The summed E-state index contributed by atoms with van der Waals surface area (Å²) in [6, 6.07) is 22.2. The van der Waals surface area contributed by atoms with Crippen molar-refractivity contribution < 1.29 is 0 Å². The minimum Gasteiger partial charge on any atom is -0.302 e. The van der Waals surface area contributed by atoms with Crippen LogP contribution in [0.5, 0.6) is 0 Å². The Balaban J connectivity index is 0.00000113. The molecule has 1 nitrogen and oxygen atoms in total. The Labute approximate surface area is 164 Å². The van der Waals surface area contributed by atoms with Gasteiger partial charge in [-0.2, -0.15) is 0 Å². The second-order valence-corrected chi connectivity index (χ2v) is 7.44. The maximum absolute atomic E-state index is 2.72. The molecule has 0 spiro atoms. The topological polar surface area (TPSA) is 3.24 Å². The van der Waals surface area contributed by atoms with Crippen LogP contribution in [0.3, 0.4) is 0 Å². The summed E-state index contributed by atoms with van der Waals surface area (Å²) in [6.07, 6.45) is 5.51. The molecule has 2 aromatic carbocycles. The van der Waals surface area contributed by atoms with Gasteiger partial charge in [-0.1, -0.05) is 60.7 Å². The van der Waals surface area contributed by atoms with Crippen molar-refractivity contribution in [3.8, 4) is 0 Å². The standard InChI is InChI=1S/C22H27N.2ClH/c1-3-7-19(8-4-1)21-12-11-18(15-21)16-23-14-13-22(17-23)20-9-5-2-6-10-20;;/h1-10,18,21-22H,11-17H2;2*1H/t18-,21+,22-;;/m0../s1. The van der Waals surface area contributed by atoms with Crippen molar-refractivity contribution in [3.05, 3.63) is 71.8 Å². The van der Waals surface area contributed by atoms with Gasteiger partial charge >= 0.3 is 0 Å². The van der Waals surface area contributed by atoms with Crippen molar-refractivity contribution in [1.82, 2.24) is 4.90 Å². The summed E-state index contributed by atoms with van der Waals surface area (Å²) in [6.45, 7) is 3.86. The first-order valence-corrected chi connectivity index (χ1v) is 9.21. The van der Waals surface area contributed by atoms with Crippen LogP contribution >= 0.6 is 24.8 Å². The fraction of sp³-hybridized carbons (Fsp3) is 0.455. The van der Waals surface area contributed by atoms with Crippen molar-refractivity contribution in [2.45, 2.75) is 37.5 Å². The average Bonchev–Trinajstić information content (AvgIpc) is 3.27. The summed E-state index contributed by atoms with van der Waals surface area (Å²) in [7, 11) is 0. The molecule has 3 atom stereocenters. The number of hydrogen-bond donors (Lipinski definition) is 0. The van der Waals surface area contributed by atoms with Gasteiger partial charge in [0.05, 0.1) is 0 Å². The molecule has 1 saturated carbocycles. The molecule has 2 aliphatic rings. The summed E-state index contributed by atoms with van der Waals surface area (Å²) in [5.74, 6) is 2.45. The van der Waals surface area contributed by atoms with Gasteiger partial charge in [-0.15, -0.1) is 24.8 Å². The third-order valence-electron chi connectivity index (χ3n) is 5.87. The van der Waals surface area contributed by atoms with Crippen molar-refractivity contribution in [2.24, 2.45) is 5.92 Å². The highest BCUT2D eigenvalue weighted by Crippen LogP contribution is 2.39. The van der Waals surface area contributed by atoms with Gasteiger partial charge < -0.3 is 4.90 Å². The SMILES string of the molecule is Cl.Cl.c1ccc([C@@H]2CC[C@H](CN3CC[C@H](c4ccccc4)C3)C2)cc1. The molecule has 2 fully saturated rings. The molecular formula is C22H29Cl2N. The molecule has 0 unspecified atom stereocenters. The Hall–Kier alpha value is -1.02. The van der Waals surface area contributed by atoms with Gasteiger partial charge in [0, 0.05) is 13.1 Å². The molecule has 1 heterocycles. The quantitative estimate of drug-likeness (QED) is 0.640. The molecule has 0 aromatic heterocycles. The molecule has 4 rings (SSSR count). The van der Waals surface area contributed by atoms with Gasteiger partial charge in [0.1, 0.15) is 0 Å². The zero-order chi connectivity index (χ0) is 15.5. The lowest BCUT2D eigenvalue weighted by Gasteiger charge is -2.21. The largest absolute Gasteiger partial charge is 0.302 e. The molecule has 0 amide bonds. The molecular weight excluding hydrogens is 349 g/mol. The maximum atomic E-state index is 2.72. The van der Waals surface area contributed by atoms with E-state index in [1.54, 1.807) is 5.56 Å². The Morgan fingerprint density at radius 3 is 1.96 bits per heavy atom. The number of hydrogen-bond acceptors (Lipinski definition) is 1. The van der Waals surface area contributed by atoms with E-state index in [9.17, 15) is 0 Å². The third kappa shape index (κ3) is 5.00. The number of halogens is 2. The summed E-state index contributed by atoms with van der Waals surface area (Å²) in [5, 5.41) is 0. The lowest BCUT2D eigenvalue weighted by molar-refractivity contribution is 0.276. The Morgan fingerprint density at radius 2 is 1.32 bits per heavy atom. The minimum atomic E-state index is 0. The fourth-order valence-corrected chi connectivity index (χ4v) is 4.63. The van der Waals surface area contributed by atoms with E-state index in [2.05, 4.69) is 65.6 Å². The maximum Gasteiger partial charge on any atom is 0.00509 e. The van der Waals surface area contributed by atoms with Gasteiger partial charge in [0.2, 0.25) is 0 Å². The highest BCUT2D eigenvalue weighted by atomic mass is 35.5. The van der Waals surface area contributed by atoms with Crippen LogP contribution in [-0.4, -0.2) is 24.5 Å². The minimum absolute atomic E-state index is 0. The van der Waals surface area contributed by atoms with Crippen molar-refractivity contribution in [3.63, 3.8) is 0 Å². The van der Waals surface area contributed by atoms with Crippen LogP contribution in [0.4, 0.5) is 0 Å². The predicted molar refractivity (Wildman–Crippen MR) is 111 cm³/mol. The van der Waals surface area contributed by atoms with Crippen LogP contribution in [0.1, 0.15) is 48.6 Å². The predicted octanol–water partition coefficient (Wildman–Crippen LogP) is 5.90. The fourth-order valence-electron chi connectivity index (χ4n) is 4.63. The Kier molecular flexibility index (Phi) is 7.81. The molecule has 1 saturated heterocycles. The first-order chi connectivity index (χ1) is 11.4. The van der Waals surface area contributed by atoms with Gasteiger partial charge in [-0.3, -0.25) is 0 Å².